The van der Waals surface area contributed by atoms with Gasteiger partial charge in [-0.05, 0) is 30.7 Å². The first kappa shape index (κ1) is 20.5. The van der Waals surface area contributed by atoms with E-state index >= 15 is 0 Å². The number of benzene rings is 2. The minimum atomic E-state index is -3.60. The Bertz CT molecular complexity index is 1120. The van der Waals surface area contributed by atoms with Gasteiger partial charge in [0.1, 0.15) is 6.04 Å². The van der Waals surface area contributed by atoms with Crippen LogP contribution in [0, 0.1) is 0 Å². The summed E-state index contributed by atoms with van der Waals surface area (Å²) >= 11 is 0. The largest absolute Gasteiger partial charge is 0.467 e. The van der Waals surface area contributed by atoms with Crippen molar-refractivity contribution in [2.75, 3.05) is 12.9 Å². The molecule has 1 atom stereocenters. The van der Waals surface area contributed by atoms with Crippen LogP contribution in [0.5, 0.6) is 0 Å². The standard InChI is InChI=1S/C21H20N2O5S/c1-28-21(25)19(12-14-29(26,27)15-7-3-2-4-8-15)23-20(24)17-11-13-22-18-10-6-5-9-16(17)18/h2-11,13,19H,12,14H2,1H3,(H,23,24)/t19-/m0/s1. The first-order chi connectivity index (χ1) is 13.9. The summed E-state index contributed by atoms with van der Waals surface area (Å²) in [5.74, 6) is -1.52. The highest BCUT2D eigenvalue weighted by Crippen LogP contribution is 2.17. The SMILES string of the molecule is COC(=O)[C@H](CCS(=O)(=O)c1ccccc1)NC(=O)c1ccnc2ccccc12. The molecule has 0 aliphatic carbocycles. The Balaban J connectivity index is 1.79. The van der Waals surface area contributed by atoms with Crippen molar-refractivity contribution in [2.24, 2.45) is 0 Å². The number of hydrogen-bond donors (Lipinski definition) is 1. The molecule has 7 nitrogen and oxygen atoms in total. The Morgan fingerprint density at radius 3 is 2.45 bits per heavy atom. The number of nitrogens with zero attached hydrogens (tertiary/aromatic N) is 1. The van der Waals surface area contributed by atoms with E-state index in [4.69, 9.17) is 4.74 Å². The van der Waals surface area contributed by atoms with Crippen LogP contribution in [0.2, 0.25) is 0 Å². The molecule has 1 amide bonds. The van der Waals surface area contributed by atoms with Crippen molar-refractivity contribution in [1.82, 2.24) is 10.3 Å². The Morgan fingerprint density at radius 2 is 1.72 bits per heavy atom. The third kappa shape index (κ3) is 4.78. The highest BCUT2D eigenvalue weighted by atomic mass is 32.2. The van der Waals surface area contributed by atoms with Crippen LogP contribution in [-0.2, 0) is 19.4 Å². The van der Waals surface area contributed by atoms with E-state index in [0.29, 0.717) is 16.5 Å². The highest BCUT2D eigenvalue weighted by Gasteiger charge is 2.26. The number of para-hydroxylation sites is 1. The second-order valence-electron chi connectivity index (χ2n) is 6.35. The molecule has 3 rings (SSSR count). The predicted octanol–water partition coefficient (Wildman–Crippen LogP) is 2.37. The fourth-order valence-corrected chi connectivity index (χ4v) is 4.29. The number of carbonyl (C=O) groups excluding carboxylic acids is 2. The zero-order valence-corrected chi connectivity index (χ0v) is 16.6. The van der Waals surface area contributed by atoms with Crippen LogP contribution in [-0.4, -0.2) is 44.2 Å². The van der Waals surface area contributed by atoms with Gasteiger partial charge in [0.2, 0.25) is 0 Å². The van der Waals surface area contributed by atoms with E-state index in [2.05, 4.69) is 10.3 Å². The smallest absolute Gasteiger partial charge is 0.328 e. The molecule has 0 radical (unpaired) electrons. The van der Waals surface area contributed by atoms with Gasteiger partial charge in [0.25, 0.3) is 5.91 Å². The second kappa shape index (κ2) is 8.83. The van der Waals surface area contributed by atoms with Crippen molar-refractivity contribution in [3.8, 4) is 0 Å². The molecule has 150 valence electrons. The fraction of sp³-hybridized carbons (Fsp3) is 0.190. The maximum absolute atomic E-state index is 12.8. The summed E-state index contributed by atoms with van der Waals surface area (Å²) in [5.41, 5.74) is 0.983. The molecule has 0 aliphatic rings. The minimum Gasteiger partial charge on any atom is -0.467 e. The van der Waals surface area contributed by atoms with Crippen LogP contribution in [0.15, 0.2) is 71.8 Å². The predicted molar refractivity (Wildman–Crippen MR) is 108 cm³/mol. The average molecular weight is 412 g/mol. The van der Waals surface area contributed by atoms with Gasteiger partial charge in [-0.25, -0.2) is 13.2 Å². The zero-order chi connectivity index (χ0) is 20.9. The number of fused-ring (bicyclic) bond motifs is 1. The number of rotatable bonds is 7. The van der Waals surface area contributed by atoms with Gasteiger partial charge in [0, 0.05) is 11.6 Å². The van der Waals surface area contributed by atoms with Crippen molar-refractivity contribution < 1.29 is 22.7 Å². The lowest BCUT2D eigenvalue weighted by atomic mass is 10.1. The molecule has 29 heavy (non-hydrogen) atoms. The molecule has 0 bridgehead atoms. The molecule has 0 aliphatic heterocycles. The molecule has 1 N–H and O–H groups in total. The molecular formula is C21H20N2O5S. The van der Waals surface area contributed by atoms with E-state index in [1.54, 1.807) is 42.5 Å². The van der Waals surface area contributed by atoms with Gasteiger partial charge >= 0.3 is 5.97 Å². The van der Waals surface area contributed by atoms with Crippen LogP contribution in [0.3, 0.4) is 0 Å². The number of aromatic nitrogens is 1. The van der Waals surface area contributed by atoms with Crippen LogP contribution in [0.25, 0.3) is 10.9 Å². The lowest BCUT2D eigenvalue weighted by Gasteiger charge is -2.17. The van der Waals surface area contributed by atoms with Crippen molar-refractivity contribution >= 4 is 32.6 Å². The molecule has 1 heterocycles. The maximum Gasteiger partial charge on any atom is 0.328 e. The maximum atomic E-state index is 12.8. The van der Waals surface area contributed by atoms with E-state index in [1.165, 1.54) is 25.4 Å². The van der Waals surface area contributed by atoms with Crippen LogP contribution < -0.4 is 5.32 Å². The Kier molecular flexibility index (Phi) is 6.23. The third-order valence-electron chi connectivity index (χ3n) is 4.46. The number of sulfone groups is 1. The van der Waals surface area contributed by atoms with E-state index in [9.17, 15) is 18.0 Å². The number of nitrogens with one attached hydrogen (secondary N) is 1. The molecule has 0 saturated heterocycles. The summed E-state index contributed by atoms with van der Waals surface area (Å²) in [4.78, 5) is 29.3. The summed E-state index contributed by atoms with van der Waals surface area (Å²) in [5, 5.41) is 3.23. The first-order valence-corrected chi connectivity index (χ1v) is 10.6. The van der Waals surface area contributed by atoms with Crippen LogP contribution in [0.4, 0.5) is 0 Å². The lowest BCUT2D eigenvalue weighted by molar-refractivity contribution is -0.142. The summed E-state index contributed by atoms with van der Waals surface area (Å²) in [6.07, 6.45) is 1.39. The highest BCUT2D eigenvalue weighted by molar-refractivity contribution is 7.91. The number of esters is 1. The van der Waals surface area contributed by atoms with Crippen LogP contribution >= 0.6 is 0 Å². The molecule has 3 aromatic rings. The average Bonchev–Trinajstić information content (AvgIpc) is 2.76. The number of ether oxygens (including phenoxy) is 1. The zero-order valence-electron chi connectivity index (χ0n) is 15.7. The van der Waals surface area contributed by atoms with Crippen molar-refractivity contribution in [3.63, 3.8) is 0 Å². The van der Waals surface area contributed by atoms with Gasteiger partial charge in [-0.1, -0.05) is 36.4 Å². The van der Waals surface area contributed by atoms with Crippen LogP contribution in [0.1, 0.15) is 16.8 Å². The summed E-state index contributed by atoms with van der Waals surface area (Å²) in [6, 6.07) is 15.5. The van der Waals surface area contributed by atoms with Gasteiger partial charge in [-0.3, -0.25) is 9.78 Å². The van der Waals surface area contributed by atoms with Gasteiger partial charge in [0.15, 0.2) is 9.84 Å². The molecule has 0 saturated carbocycles. The summed E-state index contributed by atoms with van der Waals surface area (Å²) < 4.78 is 29.8. The molecular weight excluding hydrogens is 392 g/mol. The fourth-order valence-electron chi connectivity index (χ4n) is 2.94. The summed E-state index contributed by atoms with van der Waals surface area (Å²) in [6.45, 7) is 0. The number of amides is 1. The molecule has 1 aromatic heterocycles. The Morgan fingerprint density at radius 1 is 1.03 bits per heavy atom. The third-order valence-corrected chi connectivity index (χ3v) is 6.23. The Hall–Kier alpha value is -3.26. The van der Waals surface area contributed by atoms with Gasteiger partial charge in [-0.15, -0.1) is 0 Å². The first-order valence-electron chi connectivity index (χ1n) is 8.92. The van der Waals surface area contributed by atoms with E-state index in [-0.39, 0.29) is 17.1 Å². The van der Waals surface area contributed by atoms with Crippen molar-refractivity contribution in [3.05, 3.63) is 72.4 Å². The number of hydrogen-bond acceptors (Lipinski definition) is 6. The molecule has 0 spiro atoms. The van der Waals surface area contributed by atoms with E-state index < -0.39 is 27.8 Å². The number of pyridine rings is 1. The summed E-state index contributed by atoms with van der Waals surface area (Å²) in [7, 11) is -2.41. The lowest BCUT2D eigenvalue weighted by Crippen LogP contribution is -2.42. The molecule has 0 fully saturated rings. The molecule has 8 heteroatoms. The van der Waals surface area contributed by atoms with Gasteiger partial charge in [0.05, 0.1) is 28.8 Å². The normalized spacial score (nSPS) is 12.3. The topological polar surface area (TPSA) is 102 Å². The van der Waals surface area contributed by atoms with E-state index in [0.717, 1.165) is 0 Å². The molecule has 2 aromatic carbocycles. The minimum absolute atomic E-state index is 0.112. The van der Waals surface area contributed by atoms with Gasteiger partial charge < -0.3 is 10.1 Å². The van der Waals surface area contributed by atoms with E-state index in [1.807, 2.05) is 6.07 Å². The second-order valence-corrected chi connectivity index (χ2v) is 8.45. The number of carbonyl (C=O) groups is 2. The monoisotopic (exact) mass is 412 g/mol. The van der Waals surface area contributed by atoms with Crippen molar-refractivity contribution in [1.29, 1.82) is 0 Å². The van der Waals surface area contributed by atoms with Gasteiger partial charge in [-0.2, -0.15) is 0 Å². The molecule has 0 unspecified atom stereocenters. The Labute approximate surface area is 168 Å². The van der Waals surface area contributed by atoms with Crippen molar-refractivity contribution in [2.45, 2.75) is 17.4 Å². The number of methoxy groups -OCH3 is 1. The quantitative estimate of drug-likeness (QED) is 0.598.